The molecule has 0 saturated carbocycles. The Morgan fingerprint density at radius 3 is 2.18 bits per heavy atom. The SMILES string of the molecule is CC(=N)c1ccc(O)c(O)c1O.Cc1cccc(C(N)=O)c1. The summed E-state index contributed by atoms with van der Waals surface area (Å²) in [5.74, 6) is -1.80. The van der Waals surface area contributed by atoms with Crippen LogP contribution in [0.1, 0.15) is 28.4 Å². The molecule has 0 spiro atoms. The summed E-state index contributed by atoms with van der Waals surface area (Å²) in [4.78, 5) is 10.6. The molecule has 0 fully saturated rings. The van der Waals surface area contributed by atoms with Gasteiger partial charge in [0.2, 0.25) is 11.7 Å². The van der Waals surface area contributed by atoms with Gasteiger partial charge < -0.3 is 26.5 Å². The van der Waals surface area contributed by atoms with E-state index >= 15 is 0 Å². The van der Waals surface area contributed by atoms with Crippen LogP contribution in [0.2, 0.25) is 0 Å². The molecule has 116 valence electrons. The Hall–Kier alpha value is -3.02. The summed E-state index contributed by atoms with van der Waals surface area (Å²) in [6, 6.07) is 9.80. The maximum Gasteiger partial charge on any atom is 0.248 e. The van der Waals surface area contributed by atoms with Crippen LogP contribution >= 0.6 is 0 Å². The maximum atomic E-state index is 10.6. The molecule has 0 heterocycles. The minimum atomic E-state index is -0.584. The average molecular weight is 302 g/mol. The van der Waals surface area contributed by atoms with Gasteiger partial charge in [0.05, 0.1) is 0 Å². The molecule has 0 aliphatic carbocycles. The second kappa shape index (κ2) is 7.12. The fourth-order valence-electron chi connectivity index (χ4n) is 1.67. The van der Waals surface area contributed by atoms with E-state index < -0.39 is 17.2 Å². The number of rotatable bonds is 2. The molecule has 0 atom stereocenters. The molecule has 2 aromatic carbocycles. The van der Waals surface area contributed by atoms with Gasteiger partial charge in [-0.2, -0.15) is 0 Å². The molecule has 0 bridgehead atoms. The fraction of sp³-hybridized carbons (Fsp3) is 0.125. The molecular weight excluding hydrogens is 284 g/mol. The van der Waals surface area contributed by atoms with Crippen LogP contribution in [0, 0.1) is 12.3 Å². The summed E-state index contributed by atoms with van der Waals surface area (Å²) in [6.45, 7) is 3.40. The normalized spacial score (nSPS) is 9.55. The Bertz CT molecular complexity index is 711. The number of amides is 1. The average Bonchev–Trinajstić information content (AvgIpc) is 2.45. The van der Waals surface area contributed by atoms with Crippen LogP contribution in [0.15, 0.2) is 36.4 Å². The number of aryl methyl sites for hydroxylation is 1. The molecule has 0 radical (unpaired) electrons. The number of nitrogens with one attached hydrogen (secondary N) is 1. The van der Waals surface area contributed by atoms with E-state index in [-0.39, 0.29) is 17.2 Å². The van der Waals surface area contributed by atoms with Gasteiger partial charge in [-0.1, -0.05) is 17.7 Å². The number of aromatic hydroxyl groups is 3. The maximum absolute atomic E-state index is 10.6. The minimum absolute atomic E-state index is 0.128. The first-order valence-corrected chi connectivity index (χ1v) is 6.40. The van der Waals surface area contributed by atoms with Gasteiger partial charge >= 0.3 is 0 Å². The van der Waals surface area contributed by atoms with Crippen molar-refractivity contribution in [1.82, 2.24) is 0 Å². The zero-order chi connectivity index (χ0) is 16.9. The Balaban J connectivity index is 0.000000224. The van der Waals surface area contributed by atoms with Crippen molar-refractivity contribution >= 4 is 11.6 Å². The lowest BCUT2D eigenvalue weighted by molar-refractivity contribution is 0.1000. The van der Waals surface area contributed by atoms with E-state index in [1.54, 1.807) is 12.1 Å². The van der Waals surface area contributed by atoms with Crippen LogP contribution in [0.25, 0.3) is 0 Å². The highest BCUT2D eigenvalue weighted by Gasteiger charge is 2.11. The van der Waals surface area contributed by atoms with E-state index in [1.165, 1.54) is 19.1 Å². The Kier molecular flexibility index (Phi) is 5.51. The van der Waals surface area contributed by atoms with E-state index in [1.807, 2.05) is 19.1 Å². The third-order valence-electron chi connectivity index (χ3n) is 2.84. The predicted octanol–water partition coefficient (Wildman–Crippen LogP) is 2.29. The predicted molar refractivity (Wildman–Crippen MR) is 83.6 cm³/mol. The zero-order valence-electron chi connectivity index (χ0n) is 12.3. The number of hydrogen-bond donors (Lipinski definition) is 5. The third kappa shape index (κ3) is 4.24. The van der Waals surface area contributed by atoms with Crippen molar-refractivity contribution in [2.75, 3.05) is 0 Å². The zero-order valence-corrected chi connectivity index (χ0v) is 12.3. The second-order valence-corrected chi connectivity index (χ2v) is 4.69. The number of hydrogen-bond acceptors (Lipinski definition) is 5. The largest absolute Gasteiger partial charge is 0.504 e. The number of benzene rings is 2. The van der Waals surface area contributed by atoms with Crippen LogP contribution in [0.3, 0.4) is 0 Å². The third-order valence-corrected chi connectivity index (χ3v) is 2.84. The molecule has 2 aromatic rings. The molecule has 2 rings (SSSR count). The Labute approximate surface area is 128 Å². The van der Waals surface area contributed by atoms with E-state index in [0.717, 1.165) is 5.56 Å². The molecule has 0 saturated heterocycles. The first-order chi connectivity index (χ1) is 10.2. The number of phenolic OH excluding ortho intramolecular Hbond substituents is 3. The molecule has 0 aliphatic heterocycles. The summed E-state index contributed by atoms with van der Waals surface area (Å²) in [7, 11) is 0. The molecular formula is C16H18N2O4. The lowest BCUT2D eigenvalue weighted by Crippen LogP contribution is -2.10. The minimum Gasteiger partial charge on any atom is -0.504 e. The summed E-state index contributed by atoms with van der Waals surface area (Å²) < 4.78 is 0. The van der Waals surface area contributed by atoms with Crippen molar-refractivity contribution in [3.63, 3.8) is 0 Å². The topological polar surface area (TPSA) is 128 Å². The molecule has 1 amide bonds. The molecule has 6 nitrogen and oxygen atoms in total. The summed E-state index contributed by atoms with van der Waals surface area (Å²) in [6.07, 6.45) is 0. The quantitative estimate of drug-likeness (QED) is 0.430. The molecule has 0 unspecified atom stereocenters. The van der Waals surface area contributed by atoms with Crippen molar-refractivity contribution in [2.45, 2.75) is 13.8 Å². The Morgan fingerprint density at radius 2 is 1.73 bits per heavy atom. The summed E-state index contributed by atoms with van der Waals surface area (Å²) in [5.41, 5.74) is 7.01. The van der Waals surface area contributed by atoms with Gasteiger partial charge in [-0.3, -0.25) is 4.79 Å². The van der Waals surface area contributed by atoms with Crippen LogP contribution in [-0.2, 0) is 0 Å². The number of carbonyl (C=O) groups is 1. The van der Waals surface area contributed by atoms with Gasteiger partial charge in [-0.05, 0) is 38.1 Å². The highest BCUT2D eigenvalue weighted by atomic mass is 16.3. The molecule has 6 N–H and O–H groups in total. The van der Waals surface area contributed by atoms with Crippen LogP contribution in [-0.4, -0.2) is 26.9 Å². The van der Waals surface area contributed by atoms with Crippen molar-refractivity contribution in [3.05, 3.63) is 53.1 Å². The van der Waals surface area contributed by atoms with Crippen molar-refractivity contribution < 1.29 is 20.1 Å². The monoisotopic (exact) mass is 302 g/mol. The number of primary amides is 1. The van der Waals surface area contributed by atoms with Crippen LogP contribution in [0.4, 0.5) is 0 Å². The van der Waals surface area contributed by atoms with Gasteiger partial charge in [0, 0.05) is 16.8 Å². The fourth-order valence-corrected chi connectivity index (χ4v) is 1.67. The van der Waals surface area contributed by atoms with E-state index in [9.17, 15) is 9.90 Å². The number of nitrogens with two attached hydrogens (primary N) is 1. The van der Waals surface area contributed by atoms with E-state index in [2.05, 4.69) is 0 Å². The van der Waals surface area contributed by atoms with Gasteiger partial charge in [0.15, 0.2) is 11.5 Å². The first-order valence-electron chi connectivity index (χ1n) is 6.40. The van der Waals surface area contributed by atoms with Crippen LogP contribution in [0.5, 0.6) is 17.2 Å². The van der Waals surface area contributed by atoms with Crippen molar-refractivity contribution in [1.29, 1.82) is 5.41 Å². The van der Waals surface area contributed by atoms with E-state index in [0.29, 0.717) is 5.56 Å². The summed E-state index contributed by atoms with van der Waals surface area (Å²) >= 11 is 0. The van der Waals surface area contributed by atoms with Gasteiger partial charge in [0.1, 0.15) is 0 Å². The van der Waals surface area contributed by atoms with E-state index in [4.69, 9.17) is 21.4 Å². The highest BCUT2D eigenvalue weighted by molar-refractivity contribution is 5.99. The Morgan fingerprint density at radius 1 is 1.09 bits per heavy atom. The smallest absolute Gasteiger partial charge is 0.248 e. The standard InChI is InChI=1S/C8H9NO3.C8H9NO/c1-4(9)5-2-3-6(10)8(12)7(5)11;1-6-3-2-4-7(5-6)8(9)10/h2-3,9-12H,1H3;2-5H,1H3,(H2,9,10). The molecule has 22 heavy (non-hydrogen) atoms. The number of phenols is 3. The van der Waals surface area contributed by atoms with Gasteiger partial charge in [-0.15, -0.1) is 0 Å². The lowest BCUT2D eigenvalue weighted by Gasteiger charge is -2.05. The van der Waals surface area contributed by atoms with Crippen molar-refractivity contribution in [2.24, 2.45) is 5.73 Å². The molecule has 0 aliphatic rings. The number of carbonyl (C=O) groups excluding carboxylic acids is 1. The second-order valence-electron chi connectivity index (χ2n) is 4.69. The van der Waals surface area contributed by atoms with Crippen molar-refractivity contribution in [3.8, 4) is 17.2 Å². The molecule has 6 heteroatoms. The summed E-state index contributed by atoms with van der Waals surface area (Å²) in [5, 5.41) is 34.4. The lowest BCUT2D eigenvalue weighted by atomic mass is 10.1. The first kappa shape index (κ1) is 17.0. The highest BCUT2D eigenvalue weighted by Crippen LogP contribution is 2.36. The van der Waals surface area contributed by atoms with Crippen LogP contribution < -0.4 is 5.73 Å². The van der Waals surface area contributed by atoms with Gasteiger partial charge in [-0.25, -0.2) is 0 Å². The molecule has 0 aromatic heterocycles. The van der Waals surface area contributed by atoms with Gasteiger partial charge in [0.25, 0.3) is 0 Å².